The number of rotatable bonds is 4. The van der Waals surface area contributed by atoms with E-state index >= 15 is 0 Å². The van der Waals surface area contributed by atoms with E-state index in [2.05, 4.69) is 49.0 Å². The first-order chi connectivity index (χ1) is 7.24. The first kappa shape index (κ1) is 11.6. The molecule has 0 fully saturated rings. The van der Waals surface area contributed by atoms with Crippen molar-refractivity contribution in [1.29, 1.82) is 0 Å². The molecule has 0 N–H and O–H groups in total. The Labute approximate surface area is 91.7 Å². The van der Waals surface area contributed by atoms with Crippen molar-refractivity contribution in [2.45, 2.75) is 33.6 Å². The van der Waals surface area contributed by atoms with Crippen LogP contribution in [0, 0.1) is 0 Å². The molecule has 0 bridgehead atoms. The highest BCUT2D eigenvalue weighted by atomic mass is 15.2. The predicted molar refractivity (Wildman–Crippen MR) is 67.0 cm³/mol. The van der Waals surface area contributed by atoms with Crippen LogP contribution < -0.4 is 0 Å². The summed E-state index contributed by atoms with van der Waals surface area (Å²) in [5, 5.41) is 7.59. The molecule has 0 amide bonds. The highest BCUT2D eigenvalue weighted by Gasteiger charge is 2.07. The summed E-state index contributed by atoms with van der Waals surface area (Å²) < 4.78 is 0. The van der Waals surface area contributed by atoms with E-state index in [0.717, 1.165) is 18.6 Å². The number of aryl methyl sites for hydroxylation is 1. The summed E-state index contributed by atoms with van der Waals surface area (Å²) in [5.41, 5.74) is 4.92. The molecule has 0 saturated carbocycles. The largest absolute Gasteiger partial charge is 0.167 e. The zero-order valence-electron chi connectivity index (χ0n) is 9.75. The van der Waals surface area contributed by atoms with Gasteiger partial charge in [-0.1, -0.05) is 32.0 Å². The number of nitrogens with zero attached hydrogens (tertiary/aromatic N) is 2. The SMILES string of the molecule is C=N/N=C(\C)c1cccc(CC)c1CC. The third-order valence-corrected chi connectivity index (χ3v) is 2.62. The van der Waals surface area contributed by atoms with Gasteiger partial charge in [0.15, 0.2) is 0 Å². The van der Waals surface area contributed by atoms with Crippen molar-refractivity contribution in [1.82, 2.24) is 0 Å². The van der Waals surface area contributed by atoms with Gasteiger partial charge in [0, 0.05) is 12.3 Å². The first-order valence-electron chi connectivity index (χ1n) is 5.36. The van der Waals surface area contributed by atoms with Gasteiger partial charge in [-0.2, -0.15) is 10.2 Å². The highest BCUT2D eigenvalue weighted by Crippen LogP contribution is 2.17. The van der Waals surface area contributed by atoms with Crippen LogP contribution in [0.25, 0.3) is 0 Å². The Bertz CT molecular complexity index is 378. The smallest absolute Gasteiger partial charge is 0.0674 e. The molecule has 80 valence electrons. The van der Waals surface area contributed by atoms with E-state index in [1.807, 2.05) is 6.92 Å². The van der Waals surface area contributed by atoms with Crippen LogP contribution in [0.15, 0.2) is 28.4 Å². The lowest BCUT2D eigenvalue weighted by atomic mass is 9.95. The van der Waals surface area contributed by atoms with Crippen molar-refractivity contribution in [3.05, 3.63) is 34.9 Å². The molecule has 0 unspecified atom stereocenters. The lowest BCUT2D eigenvalue weighted by Crippen LogP contribution is -2.03. The van der Waals surface area contributed by atoms with E-state index in [1.54, 1.807) is 0 Å². The van der Waals surface area contributed by atoms with Crippen molar-refractivity contribution in [2.24, 2.45) is 10.2 Å². The van der Waals surface area contributed by atoms with E-state index in [4.69, 9.17) is 0 Å². The third-order valence-electron chi connectivity index (χ3n) is 2.62. The van der Waals surface area contributed by atoms with Gasteiger partial charge in [0.05, 0.1) is 5.71 Å². The minimum atomic E-state index is 0.942. The monoisotopic (exact) mass is 202 g/mol. The number of benzene rings is 1. The molecular weight excluding hydrogens is 184 g/mol. The van der Waals surface area contributed by atoms with Crippen LogP contribution in [0.1, 0.15) is 37.5 Å². The normalized spacial score (nSPS) is 11.5. The summed E-state index contributed by atoms with van der Waals surface area (Å²) >= 11 is 0. The molecule has 0 atom stereocenters. The van der Waals surface area contributed by atoms with Gasteiger partial charge in [-0.25, -0.2) is 0 Å². The molecule has 0 aromatic heterocycles. The summed E-state index contributed by atoms with van der Waals surface area (Å²) in [7, 11) is 0. The zero-order chi connectivity index (χ0) is 11.3. The average molecular weight is 202 g/mol. The predicted octanol–water partition coefficient (Wildman–Crippen LogP) is 3.24. The van der Waals surface area contributed by atoms with Crippen molar-refractivity contribution in [2.75, 3.05) is 0 Å². The molecule has 0 heterocycles. The maximum absolute atomic E-state index is 4.01. The quantitative estimate of drug-likeness (QED) is 0.529. The van der Waals surface area contributed by atoms with Gasteiger partial charge < -0.3 is 0 Å². The molecule has 2 nitrogen and oxygen atoms in total. The van der Waals surface area contributed by atoms with Gasteiger partial charge in [0.1, 0.15) is 0 Å². The number of hydrogen-bond acceptors (Lipinski definition) is 2. The molecule has 1 rings (SSSR count). The van der Waals surface area contributed by atoms with E-state index < -0.39 is 0 Å². The second-order valence-electron chi connectivity index (χ2n) is 3.48. The average Bonchev–Trinajstić information content (AvgIpc) is 2.28. The van der Waals surface area contributed by atoms with Crippen LogP contribution in [-0.4, -0.2) is 12.4 Å². The van der Waals surface area contributed by atoms with Crippen LogP contribution in [-0.2, 0) is 12.8 Å². The summed E-state index contributed by atoms with van der Waals surface area (Å²) in [6.07, 6.45) is 2.09. The Balaban J connectivity index is 3.28. The van der Waals surface area contributed by atoms with Crippen molar-refractivity contribution in [3.8, 4) is 0 Å². The van der Waals surface area contributed by atoms with Crippen LogP contribution >= 0.6 is 0 Å². The second kappa shape index (κ2) is 5.44. The summed E-state index contributed by atoms with van der Waals surface area (Å²) in [6.45, 7) is 9.71. The lowest BCUT2D eigenvalue weighted by Gasteiger charge is -2.11. The third kappa shape index (κ3) is 2.52. The molecule has 0 aliphatic heterocycles. The molecular formula is C13H18N2. The fourth-order valence-electron chi connectivity index (χ4n) is 1.88. The van der Waals surface area contributed by atoms with Crippen LogP contribution in [0.5, 0.6) is 0 Å². The van der Waals surface area contributed by atoms with Crippen LogP contribution in [0.4, 0.5) is 0 Å². The standard InChI is InChI=1S/C13H18N2/c1-5-11-8-7-9-13(12(11)6-2)10(3)15-14-4/h7-9H,4-6H2,1-3H3/b15-10+. The van der Waals surface area contributed by atoms with Crippen molar-refractivity contribution in [3.63, 3.8) is 0 Å². The van der Waals surface area contributed by atoms with Crippen LogP contribution in [0.2, 0.25) is 0 Å². The fraction of sp³-hybridized carbons (Fsp3) is 0.385. The van der Waals surface area contributed by atoms with E-state index in [9.17, 15) is 0 Å². The van der Waals surface area contributed by atoms with Gasteiger partial charge >= 0.3 is 0 Å². The zero-order valence-corrected chi connectivity index (χ0v) is 9.75. The van der Waals surface area contributed by atoms with E-state index in [-0.39, 0.29) is 0 Å². The van der Waals surface area contributed by atoms with Gasteiger partial charge in [-0.15, -0.1) is 0 Å². The Morgan fingerprint density at radius 3 is 2.53 bits per heavy atom. The molecule has 0 radical (unpaired) electrons. The molecule has 15 heavy (non-hydrogen) atoms. The molecule has 0 saturated heterocycles. The molecule has 0 aliphatic rings. The fourth-order valence-corrected chi connectivity index (χ4v) is 1.88. The minimum Gasteiger partial charge on any atom is -0.167 e. The second-order valence-corrected chi connectivity index (χ2v) is 3.48. The topological polar surface area (TPSA) is 24.7 Å². The maximum atomic E-state index is 4.01. The Kier molecular flexibility index (Phi) is 4.22. The molecule has 1 aromatic rings. The first-order valence-corrected chi connectivity index (χ1v) is 5.36. The van der Waals surface area contributed by atoms with E-state index in [0.29, 0.717) is 0 Å². The molecule has 0 spiro atoms. The lowest BCUT2D eigenvalue weighted by molar-refractivity contribution is 1.03. The van der Waals surface area contributed by atoms with Crippen molar-refractivity contribution < 1.29 is 0 Å². The highest BCUT2D eigenvalue weighted by molar-refractivity contribution is 6.00. The minimum absolute atomic E-state index is 0.942. The van der Waals surface area contributed by atoms with Gasteiger partial charge in [-0.3, -0.25) is 0 Å². The van der Waals surface area contributed by atoms with E-state index in [1.165, 1.54) is 16.7 Å². The Morgan fingerprint density at radius 2 is 2.00 bits per heavy atom. The Hall–Kier alpha value is -1.44. The van der Waals surface area contributed by atoms with Gasteiger partial charge in [0.2, 0.25) is 0 Å². The molecule has 0 aliphatic carbocycles. The summed E-state index contributed by atoms with van der Waals surface area (Å²) in [6, 6.07) is 6.36. The summed E-state index contributed by atoms with van der Waals surface area (Å²) in [5.74, 6) is 0. The van der Waals surface area contributed by atoms with Gasteiger partial charge in [0.25, 0.3) is 0 Å². The number of hydrogen-bond donors (Lipinski definition) is 0. The molecule has 1 aromatic carbocycles. The molecule has 2 heteroatoms. The summed E-state index contributed by atoms with van der Waals surface area (Å²) in [4.78, 5) is 0. The van der Waals surface area contributed by atoms with Crippen molar-refractivity contribution >= 4 is 12.4 Å². The Morgan fingerprint density at radius 1 is 1.27 bits per heavy atom. The van der Waals surface area contributed by atoms with Crippen LogP contribution in [0.3, 0.4) is 0 Å². The maximum Gasteiger partial charge on any atom is 0.0674 e. The van der Waals surface area contributed by atoms with Gasteiger partial charge in [-0.05, 0) is 30.9 Å².